The first kappa shape index (κ1) is 14.9. The van der Waals surface area contributed by atoms with E-state index in [0.717, 1.165) is 12.2 Å². The Morgan fingerprint density at radius 1 is 1.29 bits per heavy atom. The van der Waals surface area contributed by atoms with E-state index in [4.69, 9.17) is 4.74 Å². The van der Waals surface area contributed by atoms with Gasteiger partial charge < -0.3 is 10.1 Å². The fourth-order valence-corrected chi connectivity index (χ4v) is 5.17. The monoisotopic (exact) mass is 319 g/mol. The van der Waals surface area contributed by atoms with Crippen LogP contribution >= 0.6 is 23.1 Å². The summed E-state index contributed by atoms with van der Waals surface area (Å²) in [5.41, 5.74) is 2.90. The Morgan fingerprint density at radius 2 is 2.10 bits per heavy atom. The van der Waals surface area contributed by atoms with Gasteiger partial charge in [-0.2, -0.15) is 11.8 Å². The summed E-state index contributed by atoms with van der Waals surface area (Å²) in [5, 5.41) is 3.48. The molecule has 4 heteroatoms. The minimum Gasteiger partial charge on any atom is -0.497 e. The van der Waals surface area contributed by atoms with Gasteiger partial charge in [0.05, 0.1) is 7.11 Å². The molecule has 0 aliphatic carbocycles. The molecule has 1 unspecified atom stereocenters. The molecule has 0 bridgehead atoms. The van der Waals surface area contributed by atoms with Crippen molar-refractivity contribution in [2.45, 2.75) is 24.6 Å². The number of methoxy groups -OCH3 is 1. The highest BCUT2D eigenvalue weighted by Crippen LogP contribution is 2.35. The Balaban J connectivity index is 1.76. The van der Waals surface area contributed by atoms with Gasteiger partial charge in [0.1, 0.15) is 5.75 Å². The van der Waals surface area contributed by atoms with Crippen LogP contribution in [0.15, 0.2) is 30.3 Å². The van der Waals surface area contributed by atoms with Crippen LogP contribution in [-0.2, 0) is 18.6 Å². The van der Waals surface area contributed by atoms with Gasteiger partial charge in [-0.1, -0.05) is 12.1 Å². The van der Waals surface area contributed by atoms with E-state index in [-0.39, 0.29) is 0 Å². The van der Waals surface area contributed by atoms with Crippen molar-refractivity contribution in [2.75, 3.05) is 19.9 Å². The second-order valence-corrected chi connectivity index (χ2v) is 7.57. The predicted molar refractivity (Wildman–Crippen MR) is 92.7 cm³/mol. The summed E-state index contributed by atoms with van der Waals surface area (Å²) in [4.78, 5) is 3.07. The third-order valence-corrected chi connectivity index (χ3v) is 6.30. The fourth-order valence-electron chi connectivity index (χ4n) is 2.68. The molecule has 0 spiro atoms. The molecule has 1 aromatic carbocycles. The van der Waals surface area contributed by atoms with Gasteiger partial charge in [0, 0.05) is 21.5 Å². The maximum atomic E-state index is 5.22. The maximum absolute atomic E-state index is 5.22. The first-order chi connectivity index (χ1) is 10.3. The molecule has 1 aliphatic rings. The lowest BCUT2D eigenvalue weighted by molar-refractivity contribution is 0.414. The molecule has 1 N–H and O–H groups in total. The van der Waals surface area contributed by atoms with Crippen LogP contribution in [0.1, 0.15) is 26.9 Å². The average molecular weight is 319 g/mol. The SMILES string of the molecule is CNC(Cc1ccc(OC)cc1)c1cc2c(s1)CCSC2. The molecule has 2 heterocycles. The number of likely N-dealkylation sites (N-methyl/N-ethyl adjacent to an activating group) is 1. The Hall–Kier alpha value is -0.970. The number of aryl methyl sites for hydroxylation is 1. The highest BCUT2D eigenvalue weighted by Gasteiger charge is 2.18. The van der Waals surface area contributed by atoms with E-state index in [1.54, 1.807) is 17.6 Å². The normalized spacial score (nSPS) is 15.5. The Labute approximate surface area is 134 Å². The van der Waals surface area contributed by atoms with Crippen molar-refractivity contribution < 1.29 is 4.74 Å². The molecule has 0 saturated heterocycles. The average Bonchev–Trinajstić information content (AvgIpc) is 2.97. The van der Waals surface area contributed by atoms with Crippen LogP contribution in [0.2, 0.25) is 0 Å². The molecule has 1 aromatic heterocycles. The van der Waals surface area contributed by atoms with Crippen molar-refractivity contribution in [3.05, 3.63) is 51.2 Å². The molecule has 1 atom stereocenters. The quantitative estimate of drug-likeness (QED) is 0.898. The smallest absolute Gasteiger partial charge is 0.118 e. The maximum Gasteiger partial charge on any atom is 0.118 e. The second-order valence-electron chi connectivity index (χ2n) is 5.29. The third-order valence-electron chi connectivity index (χ3n) is 3.94. The molecule has 1 aliphatic heterocycles. The van der Waals surface area contributed by atoms with Gasteiger partial charge in [0.15, 0.2) is 0 Å². The molecule has 0 saturated carbocycles. The summed E-state index contributed by atoms with van der Waals surface area (Å²) in [6, 6.07) is 11.2. The summed E-state index contributed by atoms with van der Waals surface area (Å²) in [6.45, 7) is 0. The number of fused-ring (bicyclic) bond motifs is 1. The molecular formula is C17H21NOS2. The lowest BCUT2D eigenvalue weighted by Crippen LogP contribution is -2.17. The van der Waals surface area contributed by atoms with Crippen LogP contribution in [0.4, 0.5) is 0 Å². The number of thioether (sulfide) groups is 1. The number of nitrogens with one attached hydrogen (secondary N) is 1. The van der Waals surface area contributed by atoms with E-state index < -0.39 is 0 Å². The van der Waals surface area contributed by atoms with E-state index in [9.17, 15) is 0 Å². The summed E-state index contributed by atoms with van der Waals surface area (Å²) < 4.78 is 5.22. The van der Waals surface area contributed by atoms with Gasteiger partial charge in [-0.05, 0) is 55.0 Å². The molecule has 21 heavy (non-hydrogen) atoms. The van der Waals surface area contributed by atoms with Crippen molar-refractivity contribution in [2.24, 2.45) is 0 Å². The topological polar surface area (TPSA) is 21.3 Å². The third kappa shape index (κ3) is 3.44. The lowest BCUT2D eigenvalue weighted by Gasteiger charge is -2.15. The molecule has 3 rings (SSSR count). The Bertz CT molecular complexity index is 568. The zero-order valence-electron chi connectivity index (χ0n) is 12.5. The van der Waals surface area contributed by atoms with Crippen molar-refractivity contribution in [3.8, 4) is 5.75 Å². The molecule has 112 valence electrons. The summed E-state index contributed by atoms with van der Waals surface area (Å²) >= 11 is 4.05. The molecule has 2 aromatic rings. The summed E-state index contributed by atoms with van der Waals surface area (Å²) in [6.07, 6.45) is 2.26. The van der Waals surface area contributed by atoms with E-state index in [2.05, 4.69) is 42.3 Å². The first-order valence-corrected chi connectivity index (χ1v) is 9.26. The van der Waals surface area contributed by atoms with Crippen molar-refractivity contribution in [1.82, 2.24) is 5.32 Å². The summed E-state index contributed by atoms with van der Waals surface area (Å²) in [5.74, 6) is 3.38. The predicted octanol–water partition coefficient (Wildman–Crippen LogP) is 4.05. The molecule has 0 fully saturated rings. The highest BCUT2D eigenvalue weighted by molar-refractivity contribution is 7.98. The van der Waals surface area contributed by atoms with E-state index in [0.29, 0.717) is 6.04 Å². The first-order valence-electron chi connectivity index (χ1n) is 7.29. The van der Waals surface area contributed by atoms with E-state index in [1.807, 2.05) is 23.5 Å². The highest BCUT2D eigenvalue weighted by atomic mass is 32.2. The van der Waals surface area contributed by atoms with Crippen LogP contribution in [-0.4, -0.2) is 19.9 Å². The van der Waals surface area contributed by atoms with E-state index >= 15 is 0 Å². The zero-order chi connectivity index (χ0) is 14.7. The fraction of sp³-hybridized carbons (Fsp3) is 0.412. The lowest BCUT2D eigenvalue weighted by atomic mass is 10.0. The van der Waals surface area contributed by atoms with Gasteiger partial charge in [0.25, 0.3) is 0 Å². The van der Waals surface area contributed by atoms with E-state index in [1.165, 1.54) is 28.4 Å². The molecule has 2 nitrogen and oxygen atoms in total. The largest absolute Gasteiger partial charge is 0.497 e. The van der Waals surface area contributed by atoms with Crippen LogP contribution < -0.4 is 10.1 Å². The van der Waals surface area contributed by atoms with Gasteiger partial charge >= 0.3 is 0 Å². The number of ether oxygens (including phenoxy) is 1. The number of rotatable bonds is 5. The van der Waals surface area contributed by atoms with Crippen molar-refractivity contribution in [3.63, 3.8) is 0 Å². The number of benzene rings is 1. The standard InChI is InChI=1S/C17H21NOS2/c1-18-15(9-12-3-5-14(19-2)6-4-12)17-10-13-11-20-8-7-16(13)21-17/h3-6,10,15,18H,7-9,11H2,1-2H3. The Morgan fingerprint density at radius 3 is 2.76 bits per heavy atom. The Kier molecular flexibility index (Phi) is 4.88. The second kappa shape index (κ2) is 6.86. The van der Waals surface area contributed by atoms with Gasteiger partial charge in [0.2, 0.25) is 0 Å². The molecule has 0 amide bonds. The van der Waals surface area contributed by atoms with Crippen molar-refractivity contribution >= 4 is 23.1 Å². The number of thiophene rings is 1. The molecular weight excluding hydrogens is 298 g/mol. The van der Waals surface area contributed by atoms with Crippen LogP contribution in [0.3, 0.4) is 0 Å². The van der Waals surface area contributed by atoms with Gasteiger partial charge in [-0.3, -0.25) is 0 Å². The van der Waals surface area contributed by atoms with Gasteiger partial charge in [-0.25, -0.2) is 0 Å². The minimum atomic E-state index is 0.402. The van der Waals surface area contributed by atoms with Gasteiger partial charge in [-0.15, -0.1) is 11.3 Å². The van der Waals surface area contributed by atoms with Crippen LogP contribution in [0.5, 0.6) is 5.75 Å². The number of hydrogen-bond donors (Lipinski definition) is 1. The van der Waals surface area contributed by atoms with Crippen LogP contribution in [0, 0.1) is 0 Å². The summed E-state index contributed by atoms with van der Waals surface area (Å²) in [7, 11) is 3.77. The zero-order valence-corrected chi connectivity index (χ0v) is 14.2. The molecule has 0 radical (unpaired) electrons. The number of hydrogen-bond acceptors (Lipinski definition) is 4. The van der Waals surface area contributed by atoms with Crippen LogP contribution in [0.25, 0.3) is 0 Å². The van der Waals surface area contributed by atoms with Crippen molar-refractivity contribution in [1.29, 1.82) is 0 Å². The minimum absolute atomic E-state index is 0.402.